The average molecular weight is 300 g/mol. The van der Waals surface area contributed by atoms with Gasteiger partial charge in [0.1, 0.15) is 5.82 Å². The lowest BCUT2D eigenvalue weighted by molar-refractivity contribution is -0.149. The van der Waals surface area contributed by atoms with Crippen molar-refractivity contribution in [2.75, 3.05) is 13.2 Å². The average Bonchev–Trinajstić information content (AvgIpc) is 2.43. The molecule has 2 atom stereocenters. The van der Waals surface area contributed by atoms with Crippen molar-refractivity contribution in [3.05, 3.63) is 34.6 Å². The fraction of sp³-hybridized carbons (Fsp3) is 0.533. The van der Waals surface area contributed by atoms with Crippen molar-refractivity contribution in [3.8, 4) is 0 Å². The van der Waals surface area contributed by atoms with Gasteiger partial charge in [-0.2, -0.15) is 0 Å². The van der Waals surface area contributed by atoms with Crippen molar-refractivity contribution in [2.24, 2.45) is 5.92 Å². The number of rotatable bonds is 4. The second kappa shape index (κ2) is 7.04. The Hall–Kier alpha value is -1.13. The first kappa shape index (κ1) is 15.3. The quantitative estimate of drug-likeness (QED) is 0.869. The van der Waals surface area contributed by atoms with Crippen LogP contribution in [0, 0.1) is 11.7 Å². The van der Waals surface area contributed by atoms with Gasteiger partial charge in [-0.3, -0.25) is 4.79 Å². The topological polar surface area (TPSA) is 38.3 Å². The number of hydrogen-bond acceptors (Lipinski definition) is 3. The minimum Gasteiger partial charge on any atom is -0.465 e. The summed E-state index contributed by atoms with van der Waals surface area (Å²) in [5.74, 6) is -0.656. The number of benzene rings is 1. The second-order valence-corrected chi connectivity index (χ2v) is 5.61. The van der Waals surface area contributed by atoms with Crippen LogP contribution in [0.25, 0.3) is 0 Å². The molecule has 0 spiro atoms. The zero-order valence-electron chi connectivity index (χ0n) is 11.5. The van der Waals surface area contributed by atoms with E-state index < -0.39 is 5.82 Å². The minimum atomic E-state index is -0.430. The molecule has 0 bridgehead atoms. The molecule has 0 radical (unpaired) electrons. The molecule has 0 saturated carbocycles. The Kier molecular flexibility index (Phi) is 5.38. The van der Waals surface area contributed by atoms with Crippen LogP contribution in [0.4, 0.5) is 4.39 Å². The predicted molar refractivity (Wildman–Crippen MR) is 76.3 cm³/mol. The van der Waals surface area contributed by atoms with Gasteiger partial charge in [0.2, 0.25) is 0 Å². The minimum absolute atomic E-state index is 0.0459. The number of hydrogen-bond donors (Lipinski definition) is 1. The van der Waals surface area contributed by atoms with Gasteiger partial charge < -0.3 is 10.1 Å². The Morgan fingerprint density at radius 2 is 2.35 bits per heavy atom. The van der Waals surface area contributed by atoms with Crippen LogP contribution in [-0.2, 0) is 16.0 Å². The molecule has 1 aliphatic rings. The highest BCUT2D eigenvalue weighted by molar-refractivity contribution is 6.30. The van der Waals surface area contributed by atoms with E-state index >= 15 is 0 Å². The maximum atomic E-state index is 13.7. The fourth-order valence-corrected chi connectivity index (χ4v) is 2.66. The van der Waals surface area contributed by atoms with Crippen molar-refractivity contribution in [1.29, 1.82) is 0 Å². The smallest absolute Gasteiger partial charge is 0.309 e. The maximum absolute atomic E-state index is 13.7. The van der Waals surface area contributed by atoms with Gasteiger partial charge in [-0.05, 0) is 37.9 Å². The van der Waals surface area contributed by atoms with Crippen LogP contribution >= 0.6 is 11.6 Å². The van der Waals surface area contributed by atoms with E-state index in [-0.39, 0.29) is 23.5 Å². The summed E-state index contributed by atoms with van der Waals surface area (Å²) >= 11 is 5.70. The van der Waals surface area contributed by atoms with E-state index in [2.05, 4.69) is 12.2 Å². The SMILES string of the molecule is CC1CC(C(=O)OCCc2cccc(Cl)c2F)CCN1. The highest BCUT2D eigenvalue weighted by Gasteiger charge is 2.25. The van der Waals surface area contributed by atoms with Gasteiger partial charge in [-0.15, -0.1) is 0 Å². The van der Waals surface area contributed by atoms with E-state index in [0.29, 0.717) is 18.0 Å². The molecule has 20 heavy (non-hydrogen) atoms. The zero-order valence-corrected chi connectivity index (χ0v) is 12.3. The molecule has 2 rings (SSSR count). The lowest BCUT2D eigenvalue weighted by Gasteiger charge is -2.26. The number of halogens is 2. The molecule has 3 nitrogen and oxygen atoms in total. The number of esters is 1. The molecule has 0 aliphatic carbocycles. The molecule has 1 N–H and O–H groups in total. The second-order valence-electron chi connectivity index (χ2n) is 5.21. The van der Waals surface area contributed by atoms with Crippen LogP contribution in [0.5, 0.6) is 0 Å². The zero-order chi connectivity index (χ0) is 14.5. The third kappa shape index (κ3) is 3.93. The van der Waals surface area contributed by atoms with Crippen LogP contribution in [0.1, 0.15) is 25.3 Å². The highest BCUT2D eigenvalue weighted by Crippen LogP contribution is 2.20. The molecule has 0 aromatic heterocycles. The first-order chi connectivity index (χ1) is 9.58. The molecule has 1 fully saturated rings. The summed E-state index contributed by atoms with van der Waals surface area (Å²) in [5.41, 5.74) is 0.476. The Labute approximate surface area is 123 Å². The summed E-state index contributed by atoms with van der Waals surface area (Å²) < 4.78 is 18.9. The first-order valence-electron chi connectivity index (χ1n) is 6.91. The first-order valence-corrected chi connectivity index (χ1v) is 7.28. The Morgan fingerprint density at radius 1 is 1.55 bits per heavy atom. The van der Waals surface area contributed by atoms with Crippen LogP contribution in [0.3, 0.4) is 0 Å². The van der Waals surface area contributed by atoms with Crippen molar-refractivity contribution >= 4 is 17.6 Å². The van der Waals surface area contributed by atoms with Gasteiger partial charge in [-0.25, -0.2) is 4.39 Å². The standard InChI is InChI=1S/C15H19ClFNO2/c1-10-9-12(5-7-18-10)15(19)20-8-6-11-3-2-4-13(16)14(11)17/h2-4,10,12,18H,5-9H2,1H3. The van der Waals surface area contributed by atoms with Crippen LogP contribution in [0.2, 0.25) is 5.02 Å². The number of carbonyl (C=O) groups excluding carboxylic acids is 1. The van der Waals surface area contributed by atoms with E-state index in [1.165, 1.54) is 6.07 Å². The van der Waals surface area contributed by atoms with Crippen molar-refractivity contribution in [1.82, 2.24) is 5.32 Å². The van der Waals surface area contributed by atoms with E-state index in [1.807, 2.05) is 0 Å². The predicted octanol–water partition coefficient (Wildman–Crippen LogP) is 2.95. The Morgan fingerprint density at radius 3 is 3.10 bits per heavy atom. The molecule has 2 unspecified atom stereocenters. The van der Waals surface area contributed by atoms with Gasteiger partial charge in [0.15, 0.2) is 0 Å². The summed E-state index contributed by atoms with van der Waals surface area (Å²) in [5, 5.41) is 3.39. The molecule has 5 heteroatoms. The molecular weight excluding hydrogens is 281 g/mol. The number of carbonyl (C=O) groups is 1. The van der Waals surface area contributed by atoms with Crippen LogP contribution in [-0.4, -0.2) is 25.2 Å². The van der Waals surface area contributed by atoms with Crippen molar-refractivity contribution in [3.63, 3.8) is 0 Å². The largest absolute Gasteiger partial charge is 0.465 e. The van der Waals surface area contributed by atoms with E-state index in [0.717, 1.165) is 19.4 Å². The summed E-state index contributed by atoms with van der Waals surface area (Å²) in [6.45, 7) is 3.08. The Bertz CT molecular complexity index is 481. The van der Waals surface area contributed by atoms with Crippen molar-refractivity contribution in [2.45, 2.75) is 32.2 Å². The molecular formula is C15H19ClFNO2. The van der Waals surface area contributed by atoms with Gasteiger partial charge in [-0.1, -0.05) is 23.7 Å². The third-order valence-electron chi connectivity index (χ3n) is 3.60. The lowest BCUT2D eigenvalue weighted by atomic mass is 9.93. The summed E-state index contributed by atoms with van der Waals surface area (Å²) in [6, 6.07) is 5.19. The molecule has 1 aliphatic heterocycles. The number of nitrogens with one attached hydrogen (secondary N) is 1. The summed E-state index contributed by atoms with van der Waals surface area (Å²) in [7, 11) is 0. The van der Waals surface area contributed by atoms with Crippen molar-refractivity contribution < 1.29 is 13.9 Å². The van der Waals surface area contributed by atoms with Gasteiger partial charge in [0, 0.05) is 12.5 Å². The molecule has 1 saturated heterocycles. The monoisotopic (exact) mass is 299 g/mol. The summed E-state index contributed by atoms with van der Waals surface area (Å²) in [4.78, 5) is 11.9. The van der Waals surface area contributed by atoms with Crippen LogP contribution < -0.4 is 5.32 Å². The molecule has 110 valence electrons. The van der Waals surface area contributed by atoms with E-state index in [1.54, 1.807) is 12.1 Å². The Balaban J connectivity index is 1.80. The number of piperidine rings is 1. The molecule has 1 aromatic rings. The third-order valence-corrected chi connectivity index (χ3v) is 3.90. The van der Waals surface area contributed by atoms with E-state index in [9.17, 15) is 9.18 Å². The maximum Gasteiger partial charge on any atom is 0.309 e. The summed E-state index contributed by atoms with van der Waals surface area (Å²) in [6.07, 6.45) is 1.94. The number of ether oxygens (including phenoxy) is 1. The molecule has 1 aromatic carbocycles. The normalized spacial score (nSPS) is 22.6. The van der Waals surface area contributed by atoms with Gasteiger partial charge in [0.05, 0.1) is 17.5 Å². The van der Waals surface area contributed by atoms with Gasteiger partial charge >= 0.3 is 5.97 Å². The molecule has 0 amide bonds. The fourth-order valence-electron chi connectivity index (χ4n) is 2.47. The van der Waals surface area contributed by atoms with E-state index in [4.69, 9.17) is 16.3 Å². The lowest BCUT2D eigenvalue weighted by Crippen LogP contribution is -2.39. The van der Waals surface area contributed by atoms with Gasteiger partial charge in [0.25, 0.3) is 0 Å². The molecule has 1 heterocycles. The highest BCUT2D eigenvalue weighted by atomic mass is 35.5. The van der Waals surface area contributed by atoms with Crippen LogP contribution in [0.15, 0.2) is 18.2 Å².